The second-order valence-electron chi connectivity index (χ2n) is 8.52. The summed E-state index contributed by atoms with van der Waals surface area (Å²) in [6.45, 7) is 6.10. The Morgan fingerprint density at radius 1 is 1.18 bits per heavy atom. The molecule has 0 atom stereocenters. The fourth-order valence-electron chi connectivity index (χ4n) is 3.51. The van der Waals surface area contributed by atoms with Gasteiger partial charge in [-0.1, -0.05) is 31.9 Å². The Kier molecular flexibility index (Phi) is 9.02. The topological polar surface area (TPSA) is 148 Å². The lowest BCUT2D eigenvalue weighted by Gasteiger charge is -2.22. The minimum absolute atomic E-state index is 0.0739. The van der Waals surface area contributed by atoms with Crippen LogP contribution in [0.3, 0.4) is 0 Å². The molecule has 0 spiro atoms. The number of rotatable bonds is 13. The SMILES string of the molecule is CCCCCNc1nc(N)nc(CCC(=O)O)c1Cc1cc(C(C)(C)C(=O)O)ccc1OC. The molecule has 0 radical (unpaired) electrons. The average Bonchev–Trinajstić information content (AvgIpc) is 2.76. The van der Waals surface area contributed by atoms with Crippen LogP contribution in [0.5, 0.6) is 5.75 Å². The lowest BCUT2D eigenvalue weighted by Crippen LogP contribution is -2.28. The van der Waals surface area contributed by atoms with Crippen LogP contribution in [-0.4, -0.2) is 45.8 Å². The van der Waals surface area contributed by atoms with E-state index in [1.807, 2.05) is 6.07 Å². The van der Waals surface area contributed by atoms with Gasteiger partial charge < -0.3 is 26.0 Å². The zero-order chi connectivity index (χ0) is 24.6. The van der Waals surface area contributed by atoms with Crippen LogP contribution < -0.4 is 15.8 Å². The molecule has 9 nitrogen and oxygen atoms in total. The van der Waals surface area contributed by atoms with Crippen molar-refractivity contribution in [1.29, 1.82) is 0 Å². The van der Waals surface area contributed by atoms with Crippen molar-refractivity contribution < 1.29 is 24.5 Å². The van der Waals surface area contributed by atoms with E-state index in [9.17, 15) is 19.8 Å². The van der Waals surface area contributed by atoms with Crippen LogP contribution in [0, 0.1) is 0 Å². The van der Waals surface area contributed by atoms with Crippen molar-refractivity contribution in [3.8, 4) is 5.75 Å². The zero-order valence-electron chi connectivity index (χ0n) is 19.8. The van der Waals surface area contributed by atoms with Gasteiger partial charge in [0.2, 0.25) is 5.95 Å². The smallest absolute Gasteiger partial charge is 0.313 e. The quantitative estimate of drug-likeness (QED) is 0.330. The highest BCUT2D eigenvalue weighted by atomic mass is 16.5. The molecule has 0 amide bonds. The summed E-state index contributed by atoms with van der Waals surface area (Å²) in [5.41, 5.74) is 7.50. The van der Waals surface area contributed by atoms with Crippen molar-refractivity contribution in [1.82, 2.24) is 9.97 Å². The Bertz CT molecular complexity index is 991. The number of carboxylic acid groups (broad SMARTS) is 2. The van der Waals surface area contributed by atoms with Gasteiger partial charge in [0.25, 0.3) is 0 Å². The molecule has 1 aromatic carbocycles. The molecule has 0 aliphatic heterocycles. The number of nitrogens with zero attached hydrogens (tertiary/aromatic N) is 2. The highest BCUT2D eigenvalue weighted by Crippen LogP contribution is 2.32. The van der Waals surface area contributed by atoms with Crippen LogP contribution in [0.2, 0.25) is 0 Å². The number of aromatic nitrogens is 2. The van der Waals surface area contributed by atoms with Crippen molar-refractivity contribution in [3.63, 3.8) is 0 Å². The maximum absolute atomic E-state index is 11.8. The molecule has 1 heterocycles. The van der Waals surface area contributed by atoms with Gasteiger partial charge in [0, 0.05) is 24.9 Å². The third-order valence-electron chi connectivity index (χ3n) is 5.66. The number of carboxylic acids is 2. The molecular formula is C24H34N4O5. The number of aryl methyl sites for hydroxylation is 1. The number of unbranched alkanes of at least 4 members (excludes halogenated alkanes) is 2. The first-order valence-electron chi connectivity index (χ1n) is 11.1. The van der Waals surface area contributed by atoms with Gasteiger partial charge in [0.1, 0.15) is 11.6 Å². The second-order valence-corrected chi connectivity index (χ2v) is 8.52. The molecule has 2 aromatic rings. The van der Waals surface area contributed by atoms with Crippen molar-refractivity contribution >= 4 is 23.7 Å². The van der Waals surface area contributed by atoms with Crippen molar-refractivity contribution in [2.75, 3.05) is 24.7 Å². The molecular weight excluding hydrogens is 424 g/mol. The van der Waals surface area contributed by atoms with Gasteiger partial charge in [-0.3, -0.25) is 9.59 Å². The van der Waals surface area contributed by atoms with Crippen LogP contribution >= 0.6 is 0 Å². The number of anilines is 2. The number of methoxy groups -OCH3 is 1. The fourth-order valence-corrected chi connectivity index (χ4v) is 3.51. The molecule has 33 heavy (non-hydrogen) atoms. The number of hydrogen-bond acceptors (Lipinski definition) is 7. The molecule has 0 aliphatic carbocycles. The first-order chi connectivity index (χ1) is 15.6. The molecule has 0 unspecified atom stereocenters. The van der Waals surface area contributed by atoms with Crippen LogP contribution in [0.1, 0.15) is 68.8 Å². The molecule has 9 heteroatoms. The van der Waals surface area contributed by atoms with Crippen molar-refractivity contribution in [2.24, 2.45) is 0 Å². The summed E-state index contributed by atoms with van der Waals surface area (Å²) in [6.07, 6.45) is 3.53. The van der Waals surface area contributed by atoms with Gasteiger partial charge in [-0.05, 0) is 37.5 Å². The van der Waals surface area contributed by atoms with Gasteiger partial charge in [0.05, 0.1) is 24.6 Å². The summed E-state index contributed by atoms with van der Waals surface area (Å²) < 4.78 is 5.53. The van der Waals surface area contributed by atoms with Crippen molar-refractivity contribution in [2.45, 2.75) is 64.7 Å². The number of benzene rings is 1. The van der Waals surface area contributed by atoms with Gasteiger partial charge in [0.15, 0.2) is 0 Å². The maximum Gasteiger partial charge on any atom is 0.313 e. The highest BCUT2D eigenvalue weighted by Gasteiger charge is 2.30. The molecule has 180 valence electrons. The Hall–Kier alpha value is -3.36. The first-order valence-corrected chi connectivity index (χ1v) is 11.1. The Morgan fingerprint density at radius 2 is 1.91 bits per heavy atom. The number of hydrogen-bond donors (Lipinski definition) is 4. The minimum Gasteiger partial charge on any atom is -0.496 e. The van der Waals surface area contributed by atoms with Crippen LogP contribution in [0.4, 0.5) is 11.8 Å². The minimum atomic E-state index is -1.09. The van der Waals surface area contributed by atoms with E-state index < -0.39 is 17.4 Å². The predicted octanol–water partition coefficient (Wildman–Crippen LogP) is 3.64. The first kappa shape index (κ1) is 25.9. The lowest BCUT2D eigenvalue weighted by atomic mass is 9.83. The molecule has 0 saturated heterocycles. The molecule has 0 bridgehead atoms. The summed E-state index contributed by atoms with van der Waals surface area (Å²) in [5.74, 6) is -0.639. The van der Waals surface area contributed by atoms with Gasteiger partial charge >= 0.3 is 11.9 Å². The summed E-state index contributed by atoms with van der Waals surface area (Å²) in [5, 5.41) is 22.2. The second kappa shape index (κ2) is 11.5. The number of aliphatic carboxylic acids is 2. The molecule has 2 rings (SSSR count). The number of nitrogens with one attached hydrogen (secondary N) is 1. The Balaban J connectivity index is 2.54. The fraction of sp³-hybridized carbons (Fsp3) is 0.500. The van der Waals surface area contributed by atoms with Gasteiger partial charge in [-0.15, -0.1) is 0 Å². The third-order valence-corrected chi connectivity index (χ3v) is 5.66. The maximum atomic E-state index is 11.8. The number of nitrogen functional groups attached to an aromatic ring is 1. The van der Waals surface area contributed by atoms with E-state index in [2.05, 4.69) is 22.2 Å². The summed E-state index contributed by atoms with van der Waals surface area (Å²) >= 11 is 0. The van der Waals surface area contributed by atoms with Gasteiger partial charge in [-0.25, -0.2) is 4.98 Å². The number of nitrogens with two attached hydrogens (primary N) is 1. The van der Waals surface area contributed by atoms with E-state index in [1.54, 1.807) is 33.1 Å². The monoisotopic (exact) mass is 458 g/mol. The van der Waals surface area contributed by atoms with E-state index in [4.69, 9.17) is 10.5 Å². The van der Waals surface area contributed by atoms with Crippen LogP contribution in [-0.2, 0) is 27.8 Å². The van der Waals surface area contributed by atoms with Crippen LogP contribution in [0.25, 0.3) is 0 Å². The summed E-state index contributed by atoms with van der Waals surface area (Å²) in [7, 11) is 1.55. The normalized spacial score (nSPS) is 11.3. The van der Waals surface area contributed by atoms with Crippen LogP contribution in [0.15, 0.2) is 18.2 Å². The van der Waals surface area contributed by atoms with E-state index in [0.29, 0.717) is 35.8 Å². The molecule has 5 N–H and O–H groups in total. The summed E-state index contributed by atoms with van der Waals surface area (Å²) in [6, 6.07) is 5.30. The molecule has 0 aliphatic rings. The van der Waals surface area contributed by atoms with E-state index in [0.717, 1.165) is 30.4 Å². The molecule has 0 saturated carbocycles. The van der Waals surface area contributed by atoms with Crippen molar-refractivity contribution in [3.05, 3.63) is 40.6 Å². The predicted molar refractivity (Wildman–Crippen MR) is 127 cm³/mol. The third kappa shape index (κ3) is 6.81. The highest BCUT2D eigenvalue weighted by molar-refractivity contribution is 5.80. The number of ether oxygens (including phenoxy) is 1. The largest absolute Gasteiger partial charge is 0.496 e. The lowest BCUT2D eigenvalue weighted by molar-refractivity contribution is -0.142. The Morgan fingerprint density at radius 3 is 2.52 bits per heavy atom. The Labute approximate surface area is 194 Å². The molecule has 1 aromatic heterocycles. The zero-order valence-corrected chi connectivity index (χ0v) is 19.8. The standard InChI is InChI=1S/C24H34N4O5/c1-5-6-7-12-26-21-17(18(9-11-20(29)30)27-23(25)28-21)14-15-13-16(8-10-19(15)33-4)24(2,3)22(31)32/h8,10,13H,5-7,9,11-12,14H2,1-4H3,(H,29,30)(H,31,32)(H3,25,26,27,28). The van der Waals surface area contributed by atoms with E-state index >= 15 is 0 Å². The number of carbonyl (C=O) groups is 2. The van der Waals surface area contributed by atoms with E-state index in [-0.39, 0.29) is 18.8 Å². The van der Waals surface area contributed by atoms with Gasteiger partial charge in [-0.2, -0.15) is 4.98 Å². The summed E-state index contributed by atoms with van der Waals surface area (Å²) in [4.78, 5) is 31.7. The average molecular weight is 459 g/mol. The molecule has 0 fully saturated rings. The van der Waals surface area contributed by atoms with E-state index in [1.165, 1.54) is 0 Å².